The monoisotopic (exact) mass is 332 g/mol. The van der Waals surface area contributed by atoms with Crippen molar-refractivity contribution in [1.82, 2.24) is 4.90 Å². The van der Waals surface area contributed by atoms with Gasteiger partial charge in [-0.1, -0.05) is 35.3 Å². The smallest absolute Gasteiger partial charge is 0.0625 e. The van der Waals surface area contributed by atoms with E-state index >= 15 is 0 Å². The van der Waals surface area contributed by atoms with Gasteiger partial charge in [-0.15, -0.1) is 0 Å². The maximum atomic E-state index is 6.40. The van der Waals surface area contributed by atoms with Gasteiger partial charge in [-0.05, 0) is 54.9 Å². The number of rotatable bonds is 2. The molecule has 4 heteroatoms. The van der Waals surface area contributed by atoms with Crippen LogP contribution in [0.1, 0.15) is 29.5 Å². The first-order chi connectivity index (χ1) is 10.6. The Balaban J connectivity index is 2.05. The van der Waals surface area contributed by atoms with Crippen LogP contribution in [0.4, 0.5) is 5.69 Å². The van der Waals surface area contributed by atoms with E-state index < -0.39 is 0 Å². The molecule has 1 unspecified atom stereocenters. The minimum Gasteiger partial charge on any atom is -0.301 e. The molecular weight excluding hydrogens is 315 g/mol. The molecule has 1 atom stereocenters. The van der Waals surface area contributed by atoms with Crippen molar-refractivity contribution in [2.75, 3.05) is 13.6 Å². The molecular formula is C18H18Cl2N2. The number of nitrogens with zero attached hydrogens (tertiary/aromatic N) is 2. The molecule has 0 saturated carbocycles. The van der Waals surface area contributed by atoms with Gasteiger partial charge in [0.1, 0.15) is 0 Å². The van der Waals surface area contributed by atoms with Gasteiger partial charge in [-0.25, -0.2) is 0 Å². The number of likely N-dealkylation sites (N-methyl/N-ethyl adjacent to an activating group) is 1. The first-order valence-electron chi connectivity index (χ1n) is 7.33. The van der Waals surface area contributed by atoms with E-state index in [1.54, 1.807) is 6.21 Å². The van der Waals surface area contributed by atoms with Gasteiger partial charge in [0.25, 0.3) is 0 Å². The Labute approximate surface area is 141 Å². The summed E-state index contributed by atoms with van der Waals surface area (Å²) in [6, 6.07) is 12.3. The summed E-state index contributed by atoms with van der Waals surface area (Å²) < 4.78 is 0. The molecule has 1 aliphatic rings. The summed E-state index contributed by atoms with van der Waals surface area (Å²) >= 11 is 12.6. The predicted molar refractivity (Wildman–Crippen MR) is 94.9 cm³/mol. The third-order valence-corrected chi connectivity index (χ3v) is 4.62. The average molecular weight is 333 g/mol. The second-order valence-corrected chi connectivity index (χ2v) is 6.53. The zero-order chi connectivity index (χ0) is 15.7. The molecule has 0 saturated heterocycles. The Kier molecular flexibility index (Phi) is 4.53. The van der Waals surface area contributed by atoms with Gasteiger partial charge >= 0.3 is 0 Å². The summed E-state index contributed by atoms with van der Waals surface area (Å²) in [4.78, 5) is 6.60. The molecule has 0 spiro atoms. The lowest BCUT2D eigenvalue weighted by Crippen LogP contribution is -2.31. The van der Waals surface area contributed by atoms with E-state index in [2.05, 4.69) is 47.3 Å². The highest BCUT2D eigenvalue weighted by Gasteiger charge is 2.26. The van der Waals surface area contributed by atoms with Crippen molar-refractivity contribution >= 4 is 35.1 Å². The topological polar surface area (TPSA) is 15.6 Å². The van der Waals surface area contributed by atoms with Crippen LogP contribution in [0.15, 0.2) is 41.4 Å². The zero-order valence-corrected chi connectivity index (χ0v) is 14.2. The van der Waals surface area contributed by atoms with Gasteiger partial charge in [0.15, 0.2) is 0 Å². The standard InChI is InChI=1S/C18H18Cl2N2/c1-3-21-14-6-4-12(5-7-14)16-10-22(2)11-17-15(16)8-13(19)9-18(17)20/h3-9,16H,10-11H2,1-2H3/b21-3+. The molecule has 0 aromatic heterocycles. The molecule has 2 nitrogen and oxygen atoms in total. The average Bonchev–Trinajstić information content (AvgIpc) is 2.49. The molecule has 0 radical (unpaired) electrons. The second kappa shape index (κ2) is 6.41. The molecule has 0 bridgehead atoms. The van der Waals surface area contributed by atoms with Gasteiger partial charge < -0.3 is 4.90 Å². The summed E-state index contributed by atoms with van der Waals surface area (Å²) in [5, 5.41) is 1.46. The van der Waals surface area contributed by atoms with Crippen molar-refractivity contribution < 1.29 is 0 Å². The van der Waals surface area contributed by atoms with Crippen LogP contribution in [0.3, 0.4) is 0 Å². The van der Waals surface area contributed by atoms with Gasteiger partial charge in [0.05, 0.1) is 5.69 Å². The first kappa shape index (κ1) is 15.5. The quantitative estimate of drug-likeness (QED) is 0.682. The first-order valence-corrected chi connectivity index (χ1v) is 8.09. The minimum atomic E-state index is 0.282. The molecule has 1 heterocycles. The van der Waals surface area contributed by atoms with Crippen LogP contribution in [0.2, 0.25) is 10.0 Å². The lowest BCUT2D eigenvalue weighted by molar-refractivity contribution is 0.295. The van der Waals surface area contributed by atoms with Crippen LogP contribution in [-0.2, 0) is 6.54 Å². The van der Waals surface area contributed by atoms with Crippen LogP contribution < -0.4 is 0 Å². The second-order valence-electron chi connectivity index (χ2n) is 5.68. The molecule has 2 aromatic carbocycles. The third kappa shape index (κ3) is 3.05. The fraction of sp³-hybridized carbons (Fsp3) is 0.278. The number of aliphatic imine (C=N–C) groups is 1. The number of benzene rings is 2. The van der Waals surface area contributed by atoms with Crippen LogP contribution in [0, 0.1) is 0 Å². The largest absolute Gasteiger partial charge is 0.301 e. The molecule has 3 rings (SSSR count). The van der Waals surface area contributed by atoms with Crippen LogP contribution in [0.5, 0.6) is 0 Å². The van der Waals surface area contributed by atoms with E-state index in [-0.39, 0.29) is 5.92 Å². The molecule has 0 N–H and O–H groups in total. The minimum absolute atomic E-state index is 0.282. The van der Waals surface area contributed by atoms with Crippen LogP contribution in [0.25, 0.3) is 0 Å². The third-order valence-electron chi connectivity index (χ3n) is 4.07. The SMILES string of the molecule is C/C=N/c1ccc(C2CN(C)Cc3c(Cl)cc(Cl)cc32)cc1. The predicted octanol–water partition coefficient (Wildman–Crippen LogP) is 5.29. The van der Waals surface area contributed by atoms with Crippen molar-refractivity contribution in [1.29, 1.82) is 0 Å². The van der Waals surface area contributed by atoms with E-state index in [4.69, 9.17) is 23.2 Å². The van der Waals surface area contributed by atoms with Crippen molar-refractivity contribution in [3.8, 4) is 0 Å². The molecule has 0 amide bonds. The van der Waals surface area contributed by atoms with E-state index in [1.807, 2.05) is 13.0 Å². The molecule has 0 aliphatic carbocycles. The molecule has 22 heavy (non-hydrogen) atoms. The van der Waals surface area contributed by atoms with E-state index in [0.717, 1.165) is 23.8 Å². The van der Waals surface area contributed by atoms with E-state index in [0.29, 0.717) is 5.02 Å². The van der Waals surface area contributed by atoms with Crippen molar-refractivity contribution in [3.63, 3.8) is 0 Å². The fourth-order valence-electron chi connectivity index (χ4n) is 3.07. The van der Waals surface area contributed by atoms with Crippen molar-refractivity contribution in [3.05, 3.63) is 63.1 Å². The molecule has 0 fully saturated rings. The Morgan fingerprint density at radius 2 is 1.91 bits per heavy atom. The number of hydrogen-bond donors (Lipinski definition) is 0. The molecule has 114 valence electrons. The highest BCUT2D eigenvalue weighted by Crippen LogP contribution is 2.38. The Hall–Kier alpha value is -1.35. The number of hydrogen-bond acceptors (Lipinski definition) is 2. The Bertz CT molecular complexity index is 708. The fourth-order valence-corrected chi connectivity index (χ4v) is 3.64. The maximum absolute atomic E-state index is 6.40. The Morgan fingerprint density at radius 1 is 1.18 bits per heavy atom. The zero-order valence-electron chi connectivity index (χ0n) is 12.7. The van der Waals surface area contributed by atoms with E-state index in [1.165, 1.54) is 16.7 Å². The van der Waals surface area contributed by atoms with Gasteiger partial charge in [0, 0.05) is 35.3 Å². The number of halogens is 2. The summed E-state index contributed by atoms with van der Waals surface area (Å²) in [6.45, 7) is 3.74. The lowest BCUT2D eigenvalue weighted by atomic mass is 9.85. The van der Waals surface area contributed by atoms with E-state index in [9.17, 15) is 0 Å². The van der Waals surface area contributed by atoms with Gasteiger partial charge in [-0.2, -0.15) is 0 Å². The van der Waals surface area contributed by atoms with Crippen LogP contribution in [-0.4, -0.2) is 24.7 Å². The molecule has 2 aromatic rings. The number of fused-ring (bicyclic) bond motifs is 1. The summed E-state index contributed by atoms with van der Waals surface area (Å²) in [5.74, 6) is 0.282. The summed E-state index contributed by atoms with van der Waals surface area (Å²) in [6.07, 6.45) is 1.80. The molecule has 1 aliphatic heterocycles. The maximum Gasteiger partial charge on any atom is 0.0625 e. The normalized spacial score (nSPS) is 18.6. The van der Waals surface area contributed by atoms with Crippen molar-refractivity contribution in [2.24, 2.45) is 4.99 Å². The highest BCUT2D eigenvalue weighted by molar-refractivity contribution is 6.35. The Morgan fingerprint density at radius 3 is 2.59 bits per heavy atom. The van der Waals surface area contributed by atoms with Crippen LogP contribution >= 0.6 is 23.2 Å². The summed E-state index contributed by atoms with van der Waals surface area (Å²) in [7, 11) is 2.12. The van der Waals surface area contributed by atoms with Gasteiger partial charge in [0.2, 0.25) is 0 Å². The summed E-state index contributed by atoms with van der Waals surface area (Å²) in [5.41, 5.74) is 4.66. The lowest BCUT2D eigenvalue weighted by Gasteiger charge is -2.33. The van der Waals surface area contributed by atoms with Gasteiger partial charge in [-0.3, -0.25) is 4.99 Å². The van der Waals surface area contributed by atoms with Crippen molar-refractivity contribution in [2.45, 2.75) is 19.4 Å². The highest BCUT2D eigenvalue weighted by atomic mass is 35.5.